The molecule has 0 spiro atoms. The monoisotopic (exact) mass is 297 g/mol. The Kier molecular flexibility index (Phi) is 6.17. The lowest BCUT2D eigenvalue weighted by Crippen LogP contribution is -2.45. The summed E-state index contributed by atoms with van der Waals surface area (Å²) < 4.78 is 0. The molecule has 0 bridgehead atoms. The van der Waals surface area contributed by atoms with Gasteiger partial charge >= 0.3 is 0 Å². The van der Waals surface area contributed by atoms with Crippen LogP contribution in [-0.2, 0) is 0 Å². The molecule has 1 unspecified atom stereocenters. The van der Waals surface area contributed by atoms with Gasteiger partial charge in [-0.05, 0) is 24.0 Å². The molecule has 2 heteroatoms. The fourth-order valence-electron chi connectivity index (χ4n) is 2.98. The molecule has 0 amide bonds. The Balaban J connectivity index is 2.29. The Labute approximate surface area is 134 Å². The zero-order valence-electron chi connectivity index (χ0n) is 13.7. The first-order chi connectivity index (χ1) is 10.6. The zero-order valence-corrected chi connectivity index (χ0v) is 13.7. The van der Waals surface area contributed by atoms with Crippen LogP contribution in [0.1, 0.15) is 37.8 Å². The average molecular weight is 297 g/mol. The molecular formula is C20H27NO. The molecule has 2 rings (SSSR count). The number of aliphatic hydroxyl groups is 1. The second-order valence-electron chi connectivity index (χ2n) is 6.29. The topological polar surface area (TPSA) is 32.3 Å². The Morgan fingerprint density at radius 1 is 0.818 bits per heavy atom. The Morgan fingerprint density at radius 2 is 1.27 bits per heavy atom. The van der Waals surface area contributed by atoms with E-state index in [0.717, 1.165) is 0 Å². The van der Waals surface area contributed by atoms with Crippen molar-refractivity contribution in [2.24, 2.45) is 5.92 Å². The number of rotatable bonds is 7. The molecule has 118 valence electrons. The Hall–Kier alpha value is -1.64. The van der Waals surface area contributed by atoms with Gasteiger partial charge in [-0.3, -0.25) is 0 Å². The van der Waals surface area contributed by atoms with Gasteiger partial charge in [0.2, 0.25) is 0 Å². The highest BCUT2D eigenvalue weighted by atomic mass is 16.3. The van der Waals surface area contributed by atoms with E-state index in [-0.39, 0.29) is 24.6 Å². The van der Waals surface area contributed by atoms with Crippen molar-refractivity contribution >= 4 is 0 Å². The summed E-state index contributed by atoms with van der Waals surface area (Å²) >= 11 is 0. The third kappa shape index (κ3) is 4.19. The zero-order chi connectivity index (χ0) is 15.9. The highest BCUT2D eigenvalue weighted by molar-refractivity contribution is 5.34. The summed E-state index contributed by atoms with van der Waals surface area (Å²) in [6, 6.07) is 21.5. The largest absolute Gasteiger partial charge is 0.395 e. The Morgan fingerprint density at radius 3 is 1.64 bits per heavy atom. The maximum atomic E-state index is 9.61. The highest BCUT2D eigenvalue weighted by Crippen LogP contribution is 2.28. The van der Waals surface area contributed by atoms with E-state index in [1.807, 2.05) is 12.1 Å². The number of nitrogens with one attached hydrogen (secondary N) is 1. The molecule has 0 radical (unpaired) electrons. The van der Waals surface area contributed by atoms with E-state index in [2.05, 4.69) is 74.6 Å². The van der Waals surface area contributed by atoms with Crippen LogP contribution in [0.5, 0.6) is 0 Å². The van der Waals surface area contributed by atoms with Gasteiger partial charge in [0.25, 0.3) is 0 Å². The van der Waals surface area contributed by atoms with Crippen molar-refractivity contribution in [3.63, 3.8) is 0 Å². The number of aliphatic hydroxyl groups excluding tert-OH is 1. The van der Waals surface area contributed by atoms with Crippen LogP contribution in [0.4, 0.5) is 0 Å². The SMILES string of the molecule is CC(N[C@H](CO)C(C)C)C(c1ccccc1)c1ccccc1. The summed E-state index contributed by atoms with van der Waals surface area (Å²) in [6.07, 6.45) is 0. The summed E-state index contributed by atoms with van der Waals surface area (Å²) in [7, 11) is 0. The van der Waals surface area contributed by atoms with E-state index in [1.165, 1.54) is 11.1 Å². The minimum atomic E-state index is 0.116. The van der Waals surface area contributed by atoms with Gasteiger partial charge in [-0.2, -0.15) is 0 Å². The van der Waals surface area contributed by atoms with Crippen molar-refractivity contribution in [1.82, 2.24) is 5.32 Å². The van der Waals surface area contributed by atoms with Crippen molar-refractivity contribution in [2.75, 3.05) is 6.61 Å². The van der Waals surface area contributed by atoms with Gasteiger partial charge in [0.05, 0.1) is 6.61 Å². The van der Waals surface area contributed by atoms with Gasteiger partial charge in [0.1, 0.15) is 0 Å². The van der Waals surface area contributed by atoms with Crippen LogP contribution in [0.15, 0.2) is 60.7 Å². The molecule has 0 heterocycles. The normalized spacial score (nSPS) is 14.3. The van der Waals surface area contributed by atoms with Crippen molar-refractivity contribution in [3.8, 4) is 0 Å². The van der Waals surface area contributed by atoms with E-state index in [0.29, 0.717) is 5.92 Å². The fraction of sp³-hybridized carbons (Fsp3) is 0.400. The van der Waals surface area contributed by atoms with E-state index >= 15 is 0 Å². The van der Waals surface area contributed by atoms with E-state index in [1.54, 1.807) is 0 Å². The molecule has 2 aromatic carbocycles. The summed E-state index contributed by atoms with van der Waals surface area (Å²) in [5.41, 5.74) is 2.60. The molecular weight excluding hydrogens is 270 g/mol. The maximum Gasteiger partial charge on any atom is 0.0587 e. The second-order valence-corrected chi connectivity index (χ2v) is 6.29. The predicted molar refractivity (Wildman–Crippen MR) is 93.0 cm³/mol. The lowest BCUT2D eigenvalue weighted by atomic mass is 9.85. The first-order valence-corrected chi connectivity index (χ1v) is 8.10. The van der Waals surface area contributed by atoms with Gasteiger partial charge in [-0.15, -0.1) is 0 Å². The second kappa shape index (κ2) is 8.11. The van der Waals surface area contributed by atoms with Crippen molar-refractivity contribution in [3.05, 3.63) is 71.8 Å². The number of hydrogen-bond acceptors (Lipinski definition) is 2. The lowest BCUT2D eigenvalue weighted by molar-refractivity contribution is 0.198. The first-order valence-electron chi connectivity index (χ1n) is 8.10. The van der Waals surface area contributed by atoms with Gasteiger partial charge in [0.15, 0.2) is 0 Å². The van der Waals surface area contributed by atoms with Crippen LogP contribution < -0.4 is 5.32 Å². The van der Waals surface area contributed by atoms with E-state index in [9.17, 15) is 5.11 Å². The highest BCUT2D eigenvalue weighted by Gasteiger charge is 2.24. The minimum absolute atomic E-state index is 0.116. The minimum Gasteiger partial charge on any atom is -0.395 e. The third-order valence-corrected chi connectivity index (χ3v) is 4.30. The Bertz CT molecular complexity index is 499. The van der Waals surface area contributed by atoms with Crippen LogP contribution >= 0.6 is 0 Å². The predicted octanol–water partition coefficient (Wildman–Crippen LogP) is 3.81. The third-order valence-electron chi connectivity index (χ3n) is 4.30. The standard InChI is InChI=1S/C20H27NO/c1-15(2)19(14-22)21-16(3)20(17-10-6-4-7-11-17)18-12-8-5-9-13-18/h4-13,15-16,19-22H,14H2,1-3H3/t16?,19-/m1/s1. The molecule has 2 atom stereocenters. The smallest absolute Gasteiger partial charge is 0.0587 e. The van der Waals surface area contributed by atoms with Crippen molar-refractivity contribution in [2.45, 2.75) is 38.8 Å². The van der Waals surface area contributed by atoms with Crippen LogP contribution in [0.3, 0.4) is 0 Å². The molecule has 0 fully saturated rings. The van der Waals surface area contributed by atoms with Crippen LogP contribution in [0.2, 0.25) is 0 Å². The number of hydrogen-bond donors (Lipinski definition) is 2. The van der Waals surface area contributed by atoms with E-state index in [4.69, 9.17) is 0 Å². The average Bonchev–Trinajstić information content (AvgIpc) is 2.54. The molecule has 22 heavy (non-hydrogen) atoms. The van der Waals surface area contributed by atoms with Gasteiger partial charge in [-0.1, -0.05) is 74.5 Å². The van der Waals surface area contributed by atoms with Crippen LogP contribution in [0.25, 0.3) is 0 Å². The molecule has 2 nitrogen and oxygen atoms in total. The summed E-state index contributed by atoms with van der Waals surface area (Å²) in [5, 5.41) is 13.2. The summed E-state index contributed by atoms with van der Waals surface area (Å²) in [5.74, 6) is 0.676. The first kappa shape index (κ1) is 16.7. The van der Waals surface area contributed by atoms with Crippen molar-refractivity contribution in [1.29, 1.82) is 0 Å². The molecule has 0 aliphatic rings. The number of benzene rings is 2. The van der Waals surface area contributed by atoms with Gasteiger partial charge < -0.3 is 10.4 Å². The molecule has 0 aliphatic heterocycles. The fourth-order valence-corrected chi connectivity index (χ4v) is 2.98. The van der Waals surface area contributed by atoms with Crippen LogP contribution in [0, 0.1) is 5.92 Å². The molecule has 0 saturated heterocycles. The summed E-state index contributed by atoms with van der Waals surface area (Å²) in [4.78, 5) is 0. The molecule has 2 aromatic rings. The molecule has 0 saturated carbocycles. The van der Waals surface area contributed by atoms with Crippen LogP contribution in [-0.4, -0.2) is 23.8 Å². The lowest BCUT2D eigenvalue weighted by Gasteiger charge is -2.31. The van der Waals surface area contributed by atoms with E-state index < -0.39 is 0 Å². The quantitative estimate of drug-likeness (QED) is 0.814. The van der Waals surface area contributed by atoms with Gasteiger partial charge in [0, 0.05) is 18.0 Å². The molecule has 0 aromatic heterocycles. The maximum absolute atomic E-state index is 9.61. The summed E-state index contributed by atoms with van der Waals surface area (Å²) in [6.45, 7) is 6.65. The molecule has 2 N–H and O–H groups in total. The van der Waals surface area contributed by atoms with Gasteiger partial charge in [-0.25, -0.2) is 0 Å². The van der Waals surface area contributed by atoms with Crippen molar-refractivity contribution < 1.29 is 5.11 Å². The molecule has 0 aliphatic carbocycles.